The van der Waals surface area contributed by atoms with Crippen LogP contribution in [0.15, 0.2) is 42.2 Å². The van der Waals surface area contributed by atoms with E-state index in [-0.39, 0.29) is 42.4 Å². The van der Waals surface area contributed by atoms with Crippen LogP contribution in [0, 0.1) is 11.7 Å². The van der Waals surface area contributed by atoms with Crippen LogP contribution < -0.4 is 0 Å². The number of aromatic nitrogens is 3. The van der Waals surface area contributed by atoms with Crippen molar-refractivity contribution in [1.29, 1.82) is 0 Å². The van der Waals surface area contributed by atoms with Gasteiger partial charge in [0.1, 0.15) is 11.5 Å². The van der Waals surface area contributed by atoms with E-state index < -0.39 is 11.5 Å². The van der Waals surface area contributed by atoms with Gasteiger partial charge in [-0.3, -0.25) is 14.9 Å². The number of H-pyrrole nitrogens is 1. The summed E-state index contributed by atoms with van der Waals surface area (Å²) in [5, 5.41) is 8.56. The van der Waals surface area contributed by atoms with Crippen LogP contribution in [0.5, 0.6) is 0 Å². The van der Waals surface area contributed by atoms with E-state index in [0.29, 0.717) is 5.56 Å². The highest BCUT2D eigenvalue weighted by molar-refractivity contribution is 7.13. The second kappa shape index (κ2) is 6.73. The largest absolute Gasteiger partial charge is 0.332 e. The maximum Gasteiger partial charge on any atom is 0.255 e. The molecule has 2 fully saturated rings. The van der Waals surface area contributed by atoms with Gasteiger partial charge in [0.15, 0.2) is 5.67 Å². The minimum atomic E-state index is -1.85. The van der Waals surface area contributed by atoms with E-state index in [1.807, 2.05) is 23.3 Å². The summed E-state index contributed by atoms with van der Waals surface area (Å²) in [5.41, 5.74) is -0.448. The maximum atomic E-state index is 15.9. The van der Waals surface area contributed by atoms with E-state index >= 15 is 4.39 Å². The Labute approximate surface area is 170 Å². The number of amides is 1. The summed E-state index contributed by atoms with van der Waals surface area (Å²) >= 11 is 1.48. The summed E-state index contributed by atoms with van der Waals surface area (Å²) in [5.74, 6) is -0.552. The number of carbonyl (C=O) groups excluding carboxylic acids is 1. The summed E-state index contributed by atoms with van der Waals surface area (Å²) in [6, 6.07) is 4.03. The molecule has 2 saturated heterocycles. The molecule has 2 aliphatic rings. The first kappa shape index (κ1) is 18.4. The topological polar surface area (TPSA) is 61.9 Å². The average molecular weight is 414 g/mol. The number of thiophene rings is 1. The van der Waals surface area contributed by atoms with Crippen molar-refractivity contribution in [3.63, 3.8) is 0 Å². The minimum absolute atomic E-state index is 0.0725. The van der Waals surface area contributed by atoms with Crippen LogP contribution in [0.4, 0.5) is 8.78 Å². The van der Waals surface area contributed by atoms with Crippen LogP contribution in [-0.2, 0) is 5.67 Å². The number of aromatic amines is 1. The molecule has 0 saturated carbocycles. The van der Waals surface area contributed by atoms with Crippen molar-refractivity contribution < 1.29 is 13.6 Å². The van der Waals surface area contributed by atoms with Crippen molar-refractivity contribution in [3.05, 3.63) is 59.2 Å². The van der Waals surface area contributed by atoms with Crippen molar-refractivity contribution in [2.75, 3.05) is 0 Å². The molecule has 5 nitrogen and oxygen atoms in total. The molecule has 29 heavy (non-hydrogen) atoms. The van der Waals surface area contributed by atoms with E-state index in [9.17, 15) is 9.18 Å². The molecular formula is C21H20F2N4OS. The number of rotatable bonds is 3. The summed E-state index contributed by atoms with van der Waals surface area (Å²) < 4.78 is 30.1. The van der Waals surface area contributed by atoms with Crippen LogP contribution in [0.1, 0.15) is 42.2 Å². The molecular weight excluding hydrogens is 394 g/mol. The number of piperidine rings is 1. The number of carbonyl (C=O) groups is 1. The van der Waals surface area contributed by atoms with Crippen LogP contribution in [0.25, 0.3) is 10.4 Å². The molecule has 150 valence electrons. The highest BCUT2D eigenvalue weighted by Gasteiger charge is 2.55. The Hall–Kier alpha value is -2.61. The van der Waals surface area contributed by atoms with Gasteiger partial charge >= 0.3 is 0 Å². The minimum Gasteiger partial charge on any atom is -0.332 e. The third-order valence-corrected chi connectivity index (χ3v) is 7.17. The Morgan fingerprint density at radius 1 is 1.41 bits per heavy atom. The SMILES string of the molecule is CC1CC2CC(F)(c3ncccc3F)CC1N2C(=O)c1csc(-c2cn[nH]c2)c1. The molecule has 0 aliphatic carbocycles. The van der Waals surface area contributed by atoms with E-state index in [1.165, 1.54) is 29.7 Å². The molecule has 5 heterocycles. The van der Waals surface area contributed by atoms with Gasteiger partial charge in [-0.25, -0.2) is 8.78 Å². The van der Waals surface area contributed by atoms with Gasteiger partial charge in [-0.1, -0.05) is 6.92 Å². The van der Waals surface area contributed by atoms with Gasteiger partial charge in [-0.15, -0.1) is 11.3 Å². The van der Waals surface area contributed by atoms with Crippen LogP contribution in [0.3, 0.4) is 0 Å². The summed E-state index contributed by atoms with van der Waals surface area (Å²) in [6.07, 6.45) is 5.78. The van der Waals surface area contributed by atoms with Crippen molar-refractivity contribution in [3.8, 4) is 10.4 Å². The van der Waals surface area contributed by atoms with E-state index in [4.69, 9.17) is 0 Å². The van der Waals surface area contributed by atoms with E-state index in [1.54, 1.807) is 12.4 Å². The lowest BCUT2D eigenvalue weighted by molar-refractivity contribution is 0.00293. The Kier molecular flexibility index (Phi) is 4.27. The number of nitrogens with one attached hydrogen (secondary N) is 1. The molecule has 2 bridgehead atoms. The van der Waals surface area contributed by atoms with Crippen molar-refractivity contribution in [2.24, 2.45) is 5.92 Å². The molecule has 1 N–H and O–H groups in total. The monoisotopic (exact) mass is 414 g/mol. The van der Waals surface area contributed by atoms with E-state index in [0.717, 1.165) is 16.9 Å². The summed E-state index contributed by atoms with van der Waals surface area (Å²) in [6.45, 7) is 2.04. The number of hydrogen-bond donors (Lipinski definition) is 1. The van der Waals surface area contributed by atoms with Gasteiger partial charge in [0.2, 0.25) is 0 Å². The van der Waals surface area contributed by atoms with Crippen molar-refractivity contribution in [1.82, 2.24) is 20.1 Å². The molecule has 8 heteroatoms. The van der Waals surface area contributed by atoms with Crippen LogP contribution in [-0.4, -0.2) is 38.1 Å². The maximum absolute atomic E-state index is 15.9. The number of nitrogens with zero attached hydrogens (tertiary/aromatic N) is 3. The van der Waals surface area contributed by atoms with Gasteiger partial charge in [0.25, 0.3) is 5.91 Å². The lowest BCUT2D eigenvalue weighted by atomic mass is 9.83. The molecule has 3 aromatic heterocycles. The predicted molar refractivity (Wildman–Crippen MR) is 106 cm³/mol. The Morgan fingerprint density at radius 2 is 2.28 bits per heavy atom. The molecule has 2 aliphatic heterocycles. The van der Waals surface area contributed by atoms with Crippen molar-refractivity contribution >= 4 is 17.2 Å². The molecule has 4 unspecified atom stereocenters. The fourth-order valence-electron chi connectivity index (χ4n) is 4.87. The Morgan fingerprint density at radius 3 is 3.00 bits per heavy atom. The highest BCUT2D eigenvalue weighted by atomic mass is 32.1. The van der Waals surface area contributed by atoms with Gasteiger partial charge in [0, 0.05) is 53.1 Å². The fraction of sp³-hybridized carbons (Fsp3) is 0.381. The third-order valence-electron chi connectivity index (χ3n) is 6.19. The zero-order valence-electron chi connectivity index (χ0n) is 15.8. The smallest absolute Gasteiger partial charge is 0.255 e. The van der Waals surface area contributed by atoms with Crippen molar-refractivity contribution in [2.45, 2.75) is 43.9 Å². The average Bonchev–Trinajstić information content (AvgIpc) is 3.42. The number of alkyl halides is 1. The summed E-state index contributed by atoms with van der Waals surface area (Å²) in [4.78, 5) is 20.1. The summed E-state index contributed by atoms with van der Waals surface area (Å²) in [7, 11) is 0. The van der Waals surface area contributed by atoms with Gasteiger partial charge in [0.05, 0.1) is 11.8 Å². The number of halogens is 2. The van der Waals surface area contributed by atoms with Crippen LogP contribution in [0.2, 0.25) is 0 Å². The first-order valence-corrected chi connectivity index (χ1v) is 10.5. The standard InChI is InChI=1S/C21H20F2N4OS/c1-12-5-15-7-21(23,19-16(22)3-2-4-24-19)8-17(12)27(15)20(28)13-6-18(29-11-13)14-9-25-26-10-14/h2-4,6,9-12,15,17H,5,7-8H2,1H3,(H,25,26). The third kappa shape index (κ3) is 2.97. The second-order valence-electron chi connectivity index (χ2n) is 8.04. The number of pyridine rings is 1. The molecule has 5 rings (SSSR count). The molecule has 0 aromatic carbocycles. The zero-order valence-corrected chi connectivity index (χ0v) is 16.6. The first-order valence-electron chi connectivity index (χ1n) is 9.66. The van der Waals surface area contributed by atoms with Gasteiger partial charge in [-0.05, 0) is 30.5 Å². The lowest BCUT2D eigenvalue weighted by Crippen LogP contribution is -2.51. The molecule has 4 atom stereocenters. The fourth-order valence-corrected chi connectivity index (χ4v) is 5.74. The molecule has 3 aromatic rings. The Balaban J connectivity index is 1.43. The molecule has 0 radical (unpaired) electrons. The second-order valence-corrected chi connectivity index (χ2v) is 8.95. The predicted octanol–water partition coefficient (Wildman–Crippen LogP) is 4.55. The molecule has 1 amide bonds. The Bertz CT molecular complexity index is 1050. The number of fused-ring (bicyclic) bond motifs is 2. The highest BCUT2D eigenvalue weighted by Crippen LogP contribution is 2.50. The molecule has 0 spiro atoms. The number of hydrogen-bond acceptors (Lipinski definition) is 4. The normalized spacial score (nSPS) is 28.7. The van der Waals surface area contributed by atoms with Crippen LogP contribution >= 0.6 is 11.3 Å². The first-order chi connectivity index (χ1) is 14.0. The van der Waals surface area contributed by atoms with Gasteiger partial charge < -0.3 is 4.90 Å². The lowest BCUT2D eigenvalue weighted by Gasteiger charge is -2.42. The van der Waals surface area contributed by atoms with E-state index in [2.05, 4.69) is 15.2 Å². The quantitative estimate of drug-likeness (QED) is 0.684. The van der Waals surface area contributed by atoms with Gasteiger partial charge in [-0.2, -0.15) is 5.10 Å². The zero-order chi connectivity index (χ0) is 20.2.